The van der Waals surface area contributed by atoms with Crippen molar-refractivity contribution in [1.29, 1.82) is 0 Å². The summed E-state index contributed by atoms with van der Waals surface area (Å²) < 4.78 is 9.37. The lowest BCUT2D eigenvalue weighted by Crippen LogP contribution is -2.01. The molecule has 90 valence electrons. The van der Waals surface area contributed by atoms with Gasteiger partial charge >= 0.3 is 0 Å². The van der Waals surface area contributed by atoms with Crippen LogP contribution in [-0.2, 0) is 6.61 Å². The third-order valence-corrected chi connectivity index (χ3v) is 3.55. The third-order valence-electron chi connectivity index (χ3n) is 2.71. The van der Waals surface area contributed by atoms with Crippen LogP contribution in [0.1, 0.15) is 5.56 Å². The Kier molecular flexibility index (Phi) is 2.86. The molecule has 2 aromatic carbocycles. The molecule has 3 rings (SSSR count). The fourth-order valence-corrected chi connectivity index (χ4v) is 2.57. The maximum Gasteiger partial charge on any atom is 0.269 e. The summed E-state index contributed by atoms with van der Waals surface area (Å²) in [5, 5.41) is 0.637. The minimum Gasteiger partial charge on any atom is -0.488 e. The molecule has 4 heteroatoms. The fourth-order valence-electron chi connectivity index (χ4n) is 1.83. The van der Waals surface area contributed by atoms with Gasteiger partial charge in [-0.25, -0.2) is 0 Å². The first-order valence-electron chi connectivity index (χ1n) is 5.61. The Labute approximate surface area is 108 Å². The van der Waals surface area contributed by atoms with Gasteiger partial charge in [0.15, 0.2) is 0 Å². The van der Waals surface area contributed by atoms with Crippen molar-refractivity contribution in [2.75, 3.05) is 0 Å². The zero-order valence-electron chi connectivity index (χ0n) is 9.55. The molecule has 0 atom stereocenters. The number of H-pyrrole nitrogens is 1. The summed E-state index contributed by atoms with van der Waals surface area (Å²) in [6, 6.07) is 15.5. The Balaban J connectivity index is 1.91. The molecule has 0 aliphatic carbocycles. The number of rotatable bonds is 3. The number of aromatic amines is 1. The summed E-state index contributed by atoms with van der Waals surface area (Å²) in [5.41, 5.74) is 1.000. The maximum atomic E-state index is 11.7. The molecule has 1 aromatic heterocycles. The molecule has 3 nitrogen and oxygen atoms in total. The van der Waals surface area contributed by atoms with Crippen molar-refractivity contribution < 1.29 is 4.74 Å². The highest BCUT2D eigenvalue weighted by Crippen LogP contribution is 2.25. The molecule has 0 unspecified atom stereocenters. The Bertz CT molecular complexity index is 715. The van der Waals surface area contributed by atoms with Gasteiger partial charge in [0.2, 0.25) is 0 Å². The smallest absolute Gasteiger partial charge is 0.269 e. The number of fused-ring (bicyclic) bond motifs is 1. The van der Waals surface area contributed by atoms with E-state index in [1.54, 1.807) is 0 Å². The summed E-state index contributed by atoms with van der Waals surface area (Å²) in [4.78, 5) is 11.7. The van der Waals surface area contributed by atoms with Gasteiger partial charge < -0.3 is 4.74 Å². The minimum atomic E-state index is -0.0846. The molecular formula is C14H11NO2S. The summed E-state index contributed by atoms with van der Waals surface area (Å²) in [6.07, 6.45) is 0. The van der Waals surface area contributed by atoms with Crippen molar-refractivity contribution in [1.82, 2.24) is 4.37 Å². The number of aromatic nitrogens is 1. The van der Waals surface area contributed by atoms with Gasteiger partial charge in [-0.05, 0) is 17.7 Å². The summed E-state index contributed by atoms with van der Waals surface area (Å²) in [7, 11) is 0. The fraction of sp³-hybridized carbons (Fsp3) is 0.0714. The first-order valence-corrected chi connectivity index (χ1v) is 6.43. The predicted molar refractivity (Wildman–Crippen MR) is 73.2 cm³/mol. The SMILES string of the molecule is O=c1[nH]sc2cccc(OCc3ccccc3)c12. The molecule has 0 bridgehead atoms. The van der Waals surface area contributed by atoms with E-state index in [0.717, 1.165) is 10.3 Å². The highest BCUT2D eigenvalue weighted by atomic mass is 32.1. The number of ether oxygens (including phenoxy) is 1. The summed E-state index contributed by atoms with van der Waals surface area (Å²) in [5.74, 6) is 0.638. The van der Waals surface area contributed by atoms with E-state index in [2.05, 4.69) is 4.37 Å². The molecule has 0 aliphatic rings. The maximum absolute atomic E-state index is 11.7. The van der Waals surface area contributed by atoms with Crippen LogP contribution in [0.5, 0.6) is 5.75 Å². The van der Waals surface area contributed by atoms with E-state index in [9.17, 15) is 4.79 Å². The number of hydrogen-bond donors (Lipinski definition) is 1. The normalized spacial score (nSPS) is 10.7. The average molecular weight is 257 g/mol. The highest BCUT2D eigenvalue weighted by molar-refractivity contribution is 7.13. The lowest BCUT2D eigenvalue weighted by molar-refractivity contribution is 0.310. The summed E-state index contributed by atoms with van der Waals surface area (Å²) >= 11 is 1.33. The van der Waals surface area contributed by atoms with Crippen molar-refractivity contribution in [3.63, 3.8) is 0 Å². The van der Waals surface area contributed by atoms with Gasteiger partial charge in [-0.1, -0.05) is 47.9 Å². The van der Waals surface area contributed by atoms with Crippen molar-refractivity contribution in [3.05, 3.63) is 64.4 Å². The van der Waals surface area contributed by atoms with E-state index in [-0.39, 0.29) is 5.56 Å². The Morgan fingerprint density at radius 3 is 2.72 bits per heavy atom. The van der Waals surface area contributed by atoms with Crippen LogP contribution in [0.25, 0.3) is 10.1 Å². The zero-order valence-corrected chi connectivity index (χ0v) is 10.4. The molecule has 0 amide bonds. The second-order valence-electron chi connectivity index (χ2n) is 3.94. The standard InChI is InChI=1S/C14H11NO2S/c16-14-13-11(7-4-8-12(13)18-15-14)17-9-10-5-2-1-3-6-10/h1-8H,9H2,(H,15,16). The van der Waals surface area contributed by atoms with Crippen molar-refractivity contribution in [3.8, 4) is 5.75 Å². The van der Waals surface area contributed by atoms with Gasteiger partial charge in [0, 0.05) is 0 Å². The van der Waals surface area contributed by atoms with E-state index < -0.39 is 0 Å². The van der Waals surface area contributed by atoms with Gasteiger partial charge in [-0.2, -0.15) is 0 Å². The molecule has 0 aliphatic heterocycles. The largest absolute Gasteiger partial charge is 0.488 e. The molecule has 0 saturated carbocycles. The number of benzene rings is 2. The monoisotopic (exact) mass is 257 g/mol. The van der Waals surface area contributed by atoms with Crippen LogP contribution in [0.3, 0.4) is 0 Å². The molecule has 18 heavy (non-hydrogen) atoms. The first-order chi connectivity index (χ1) is 8.84. The average Bonchev–Trinajstić information content (AvgIpc) is 2.80. The molecule has 0 radical (unpaired) electrons. The summed E-state index contributed by atoms with van der Waals surface area (Å²) in [6.45, 7) is 0.467. The third kappa shape index (κ3) is 2.02. The van der Waals surface area contributed by atoms with E-state index in [4.69, 9.17) is 4.74 Å². The Hall–Kier alpha value is -2.07. The first kappa shape index (κ1) is 11.0. The minimum absolute atomic E-state index is 0.0846. The van der Waals surface area contributed by atoms with Crippen molar-refractivity contribution in [2.45, 2.75) is 6.61 Å². The van der Waals surface area contributed by atoms with E-state index >= 15 is 0 Å². The van der Waals surface area contributed by atoms with Crippen LogP contribution < -0.4 is 10.3 Å². The molecule has 0 fully saturated rings. The van der Waals surface area contributed by atoms with Crippen LogP contribution >= 0.6 is 11.5 Å². The molecule has 1 heterocycles. The zero-order chi connectivity index (χ0) is 12.4. The van der Waals surface area contributed by atoms with Crippen molar-refractivity contribution in [2.24, 2.45) is 0 Å². The molecule has 3 aromatic rings. The van der Waals surface area contributed by atoms with Crippen LogP contribution in [0, 0.1) is 0 Å². The quantitative estimate of drug-likeness (QED) is 0.783. The lowest BCUT2D eigenvalue weighted by atomic mass is 10.2. The van der Waals surface area contributed by atoms with Gasteiger partial charge in [0.1, 0.15) is 17.7 Å². The Morgan fingerprint density at radius 1 is 1.06 bits per heavy atom. The van der Waals surface area contributed by atoms with Crippen molar-refractivity contribution >= 4 is 21.6 Å². The Morgan fingerprint density at radius 2 is 1.89 bits per heavy atom. The number of hydrogen-bond acceptors (Lipinski definition) is 3. The molecule has 0 spiro atoms. The predicted octanol–water partition coefficient (Wildman–Crippen LogP) is 3.17. The molecule has 0 saturated heterocycles. The second-order valence-corrected chi connectivity index (χ2v) is 4.78. The topological polar surface area (TPSA) is 42.1 Å². The molecular weight excluding hydrogens is 246 g/mol. The number of nitrogens with one attached hydrogen (secondary N) is 1. The second kappa shape index (κ2) is 4.66. The lowest BCUT2D eigenvalue weighted by Gasteiger charge is -2.06. The molecule has 1 N–H and O–H groups in total. The van der Waals surface area contributed by atoms with Gasteiger partial charge in [0.25, 0.3) is 5.56 Å². The van der Waals surface area contributed by atoms with E-state index in [1.807, 2.05) is 48.5 Å². The van der Waals surface area contributed by atoms with E-state index in [0.29, 0.717) is 17.7 Å². The van der Waals surface area contributed by atoms with Gasteiger partial charge in [0.05, 0.1) is 4.70 Å². The van der Waals surface area contributed by atoms with Crippen LogP contribution in [-0.4, -0.2) is 4.37 Å². The van der Waals surface area contributed by atoms with Gasteiger partial charge in [-0.3, -0.25) is 9.17 Å². The van der Waals surface area contributed by atoms with Gasteiger partial charge in [-0.15, -0.1) is 0 Å². The van der Waals surface area contributed by atoms with Crippen LogP contribution in [0.4, 0.5) is 0 Å². The van der Waals surface area contributed by atoms with Crippen LogP contribution in [0.15, 0.2) is 53.3 Å². The highest BCUT2D eigenvalue weighted by Gasteiger charge is 2.08. The van der Waals surface area contributed by atoms with E-state index in [1.165, 1.54) is 11.5 Å². The van der Waals surface area contributed by atoms with Crippen LogP contribution in [0.2, 0.25) is 0 Å².